The van der Waals surface area contributed by atoms with Gasteiger partial charge in [0.05, 0.1) is 6.04 Å². The van der Waals surface area contributed by atoms with Crippen molar-refractivity contribution in [2.45, 2.75) is 64.1 Å². The normalized spacial score (nSPS) is 26.0. The van der Waals surface area contributed by atoms with E-state index in [9.17, 15) is 14.4 Å². The molecule has 3 amide bonds. The van der Waals surface area contributed by atoms with Crippen LogP contribution in [-0.2, 0) is 14.4 Å². The molecule has 3 fully saturated rings. The van der Waals surface area contributed by atoms with Gasteiger partial charge >= 0.3 is 0 Å². The molecule has 3 rings (SSSR count). The minimum Gasteiger partial charge on any atom is -0.353 e. The Hall–Kier alpha value is -1.63. The summed E-state index contributed by atoms with van der Waals surface area (Å²) in [6.07, 6.45) is 4.40. The van der Waals surface area contributed by atoms with Crippen molar-refractivity contribution in [3.8, 4) is 0 Å². The van der Waals surface area contributed by atoms with Crippen LogP contribution in [0, 0.1) is 11.8 Å². The SMILES string of the molecule is CC(C)C(=O)N(C1CC1)C1CC(C(=O)NCCN)N(C(=O)C2CC2)C1. The number of nitrogens with two attached hydrogens (primary N) is 1. The molecule has 2 aliphatic carbocycles. The molecule has 140 valence electrons. The van der Waals surface area contributed by atoms with Gasteiger partial charge in [-0.25, -0.2) is 0 Å². The van der Waals surface area contributed by atoms with Crippen molar-refractivity contribution < 1.29 is 14.4 Å². The average Bonchev–Trinajstić information content (AvgIpc) is 3.49. The van der Waals surface area contributed by atoms with E-state index in [2.05, 4.69) is 5.32 Å². The third-order valence-electron chi connectivity index (χ3n) is 5.32. The Labute approximate surface area is 149 Å². The molecule has 3 aliphatic rings. The molecule has 0 aromatic carbocycles. The second-order valence-corrected chi connectivity index (χ2v) is 7.88. The van der Waals surface area contributed by atoms with Gasteiger partial charge in [0.15, 0.2) is 0 Å². The minimum absolute atomic E-state index is 0.0567. The molecule has 0 aromatic heterocycles. The first-order valence-electron chi connectivity index (χ1n) is 9.54. The van der Waals surface area contributed by atoms with Gasteiger partial charge < -0.3 is 20.9 Å². The number of likely N-dealkylation sites (tertiary alicyclic amines) is 1. The predicted octanol–water partition coefficient (Wildman–Crippen LogP) is 0.0878. The van der Waals surface area contributed by atoms with Gasteiger partial charge in [0.1, 0.15) is 6.04 Å². The van der Waals surface area contributed by atoms with E-state index in [1.54, 1.807) is 4.90 Å². The molecule has 0 radical (unpaired) electrons. The van der Waals surface area contributed by atoms with Gasteiger partial charge in [0, 0.05) is 37.5 Å². The van der Waals surface area contributed by atoms with E-state index in [0.717, 1.165) is 25.7 Å². The van der Waals surface area contributed by atoms with Crippen LogP contribution in [0.25, 0.3) is 0 Å². The van der Waals surface area contributed by atoms with Crippen molar-refractivity contribution in [1.82, 2.24) is 15.1 Å². The Balaban J connectivity index is 1.76. The van der Waals surface area contributed by atoms with Crippen molar-refractivity contribution in [2.75, 3.05) is 19.6 Å². The van der Waals surface area contributed by atoms with Crippen LogP contribution in [0.1, 0.15) is 46.0 Å². The van der Waals surface area contributed by atoms with Gasteiger partial charge in [-0.1, -0.05) is 13.8 Å². The molecule has 1 heterocycles. The summed E-state index contributed by atoms with van der Waals surface area (Å²) in [5, 5.41) is 2.81. The van der Waals surface area contributed by atoms with Gasteiger partial charge in [0.25, 0.3) is 0 Å². The van der Waals surface area contributed by atoms with Crippen LogP contribution in [0.4, 0.5) is 0 Å². The molecule has 0 aromatic rings. The molecule has 0 spiro atoms. The predicted molar refractivity (Wildman–Crippen MR) is 93.4 cm³/mol. The van der Waals surface area contributed by atoms with Crippen molar-refractivity contribution in [3.05, 3.63) is 0 Å². The zero-order chi connectivity index (χ0) is 18.1. The molecule has 25 heavy (non-hydrogen) atoms. The Morgan fingerprint density at radius 3 is 2.36 bits per heavy atom. The highest BCUT2D eigenvalue weighted by molar-refractivity contribution is 5.90. The zero-order valence-corrected chi connectivity index (χ0v) is 15.2. The summed E-state index contributed by atoms with van der Waals surface area (Å²) in [5.41, 5.74) is 5.48. The second kappa shape index (κ2) is 7.32. The Kier molecular flexibility index (Phi) is 5.32. The lowest BCUT2D eigenvalue weighted by molar-refractivity contribution is -0.140. The van der Waals surface area contributed by atoms with Crippen molar-refractivity contribution >= 4 is 17.7 Å². The Bertz CT molecular complexity index is 542. The van der Waals surface area contributed by atoms with Crippen LogP contribution in [0.15, 0.2) is 0 Å². The number of rotatable bonds is 7. The fourth-order valence-corrected chi connectivity index (χ4v) is 3.69. The van der Waals surface area contributed by atoms with Gasteiger partial charge in [-0.3, -0.25) is 14.4 Å². The molecule has 1 saturated heterocycles. The molecule has 7 nitrogen and oxygen atoms in total. The fraction of sp³-hybridized carbons (Fsp3) is 0.833. The molecule has 2 atom stereocenters. The second-order valence-electron chi connectivity index (χ2n) is 7.88. The van der Waals surface area contributed by atoms with E-state index >= 15 is 0 Å². The lowest BCUT2D eigenvalue weighted by Crippen LogP contribution is -2.47. The molecule has 2 unspecified atom stereocenters. The number of carbonyl (C=O) groups excluding carboxylic acids is 3. The third-order valence-corrected chi connectivity index (χ3v) is 5.32. The summed E-state index contributed by atoms with van der Waals surface area (Å²) in [6.45, 7) is 5.07. The van der Waals surface area contributed by atoms with Crippen LogP contribution < -0.4 is 11.1 Å². The largest absolute Gasteiger partial charge is 0.353 e. The van der Waals surface area contributed by atoms with Gasteiger partial charge in [-0.2, -0.15) is 0 Å². The van der Waals surface area contributed by atoms with Crippen LogP contribution in [0.5, 0.6) is 0 Å². The number of nitrogens with zero attached hydrogens (tertiary/aromatic N) is 2. The van der Waals surface area contributed by atoms with Crippen LogP contribution in [-0.4, -0.2) is 65.3 Å². The van der Waals surface area contributed by atoms with E-state index in [1.807, 2.05) is 18.7 Å². The van der Waals surface area contributed by atoms with E-state index in [-0.39, 0.29) is 41.6 Å². The lowest BCUT2D eigenvalue weighted by atomic mass is 10.1. The molecule has 7 heteroatoms. The quantitative estimate of drug-likeness (QED) is 0.680. The summed E-state index contributed by atoms with van der Waals surface area (Å²) >= 11 is 0. The van der Waals surface area contributed by atoms with E-state index in [0.29, 0.717) is 26.1 Å². The summed E-state index contributed by atoms with van der Waals surface area (Å²) < 4.78 is 0. The maximum absolute atomic E-state index is 12.7. The minimum atomic E-state index is -0.481. The topological polar surface area (TPSA) is 95.7 Å². The molecular formula is C18H30N4O3. The van der Waals surface area contributed by atoms with Gasteiger partial charge in [-0.15, -0.1) is 0 Å². The van der Waals surface area contributed by atoms with E-state index < -0.39 is 6.04 Å². The van der Waals surface area contributed by atoms with Crippen molar-refractivity contribution in [2.24, 2.45) is 17.6 Å². The van der Waals surface area contributed by atoms with E-state index in [1.165, 1.54) is 0 Å². The number of nitrogens with one attached hydrogen (secondary N) is 1. The monoisotopic (exact) mass is 350 g/mol. The van der Waals surface area contributed by atoms with Crippen molar-refractivity contribution in [3.63, 3.8) is 0 Å². The van der Waals surface area contributed by atoms with Crippen molar-refractivity contribution in [1.29, 1.82) is 0 Å². The summed E-state index contributed by atoms with van der Waals surface area (Å²) in [6, 6.07) is -0.256. The Morgan fingerprint density at radius 1 is 1.16 bits per heavy atom. The highest BCUT2D eigenvalue weighted by Gasteiger charge is 2.49. The van der Waals surface area contributed by atoms with E-state index in [4.69, 9.17) is 5.73 Å². The standard InChI is InChI=1S/C18H30N4O3/c1-11(2)17(24)22(13-5-6-13)14-9-15(16(23)20-8-7-19)21(10-14)18(25)12-3-4-12/h11-15H,3-10,19H2,1-2H3,(H,20,23). The molecule has 3 N–H and O–H groups in total. The maximum atomic E-state index is 12.7. The van der Waals surface area contributed by atoms with Crippen LogP contribution >= 0.6 is 0 Å². The molecule has 0 bridgehead atoms. The highest BCUT2D eigenvalue weighted by Crippen LogP contribution is 2.37. The van der Waals surface area contributed by atoms with Crippen LogP contribution in [0.3, 0.4) is 0 Å². The smallest absolute Gasteiger partial charge is 0.242 e. The number of hydrogen-bond acceptors (Lipinski definition) is 4. The Morgan fingerprint density at radius 2 is 1.84 bits per heavy atom. The zero-order valence-electron chi connectivity index (χ0n) is 15.2. The first-order chi connectivity index (χ1) is 11.9. The number of carbonyl (C=O) groups is 3. The first kappa shape index (κ1) is 18.2. The van der Waals surface area contributed by atoms with Crippen LogP contribution in [0.2, 0.25) is 0 Å². The van der Waals surface area contributed by atoms with Gasteiger partial charge in [0.2, 0.25) is 17.7 Å². The number of hydrogen-bond donors (Lipinski definition) is 2. The first-order valence-corrected chi connectivity index (χ1v) is 9.54. The molecule has 1 aliphatic heterocycles. The summed E-state index contributed by atoms with van der Waals surface area (Å²) in [5.74, 6) is 0.0594. The third kappa shape index (κ3) is 3.97. The molecular weight excluding hydrogens is 320 g/mol. The highest BCUT2D eigenvalue weighted by atomic mass is 16.2. The maximum Gasteiger partial charge on any atom is 0.242 e. The lowest BCUT2D eigenvalue weighted by Gasteiger charge is -2.30. The number of amides is 3. The fourth-order valence-electron chi connectivity index (χ4n) is 3.69. The molecule has 2 saturated carbocycles. The van der Waals surface area contributed by atoms with Gasteiger partial charge in [-0.05, 0) is 32.1 Å². The summed E-state index contributed by atoms with van der Waals surface area (Å²) in [4.78, 5) is 41.6. The summed E-state index contributed by atoms with van der Waals surface area (Å²) in [7, 11) is 0. The average molecular weight is 350 g/mol.